The van der Waals surface area contributed by atoms with Crippen LogP contribution in [0.5, 0.6) is 0 Å². The summed E-state index contributed by atoms with van der Waals surface area (Å²) in [6.07, 6.45) is 1.33. The molecule has 136 valence electrons. The molecule has 0 bridgehead atoms. The van der Waals surface area contributed by atoms with Gasteiger partial charge >= 0.3 is 0 Å². The average Bonchev–Trinajstić information content (AvgIpc) is 3.10. The number of halogens is 1. The number of non-ortho nitro benzene ring substituents is 1. The van der Waals surface area contributed by atoms with E-state index in [-0.39, 0.29) is 5.69 Å². The van der Waals surface area contributed by atoms with Gasteiger partial charge in [0.15, 0.2) is 0 Å². The van der Waals surface area contributed by atoms with Gasteiger partial charge in [0.25, 0.3) is 11.6 Å². The molecule has 0 aliphatic carbocycles. The molecule has 0 spiro atoms. The Hall–Kier alpha value is -3.45. The molecule has 2 aromatic carbocycles. The smallest absolute Gasteiger partial charge is 0.272 e. The fourth-order valence-corrected chi connectivity index (χ4v) is 2.69. The fraction of sp³-hybridized carbons (Fsp3) is 0.0526. The van der Waals surface area contributed by atoms with Crippen LogP contribution in [0.2, 0.25) is 5.02 Å². The van der Waals surface area contributed by atoms with Crippen molar-refractivity contribution in [2.24, 2.45) is 5.10 Å². The lowest BCUT2D eigenvalue weighted by molar-refractivity contribution is -0.384. The first-order chi connectivity index (χ1) is 12.9. The first-order valence-corrected chi connectivity index (χ1v) is 8.26. The number of nitro groups is 1. The van der Waals surface area contributed by atoms with E-state index in [2.05, 4.69) is 10.5 Å². The van der Waals surface area contributed by atoms with E-state index in [0.29, 0.717) is 27.7 Å². The summed E-state index contributed by atoms with van der Waals surface area (Å²) in [5.74, 6) is 0.390. The number of benzene rings is 2. The standard InChI is InChI=1S/C19H14ClN3O4/c1-12-5-7-16(17(20)9-12)19(24)22-21-11-15-6-8-18(27-15)13-3-2-4-14(10-13)23(25)26/h2-11H,1H3,(H,22,24)/b21-11+. The molecule has 0 saturated carbocycles. The van der Waals surface area contributed by atoms with Crippen molar-refractivity contribution in [1.82, 2.24) is 5.43 Å². The van der Waals surface area contributed by atoms with E-state index in [1.54, 1.807) is 42.5 Å². The third-order valence-electron chi connectivity index (χ3n) is 3.70. The molecule has 1 heterocycles. The zero-order valence-electron chi connectivity index (χ0n) is 14.2. The van der Waals surface area contributed by atoms with Crippen molar-refractivity contribution in [1.29, 1.82) is 0 Å². The number of hydrazone groups is 1. The molecule has 3 aromatic rings. The van der Waals surface area contributed by atoms with Gasteiger partial charge in [0, 0.05) is 17.7 Å². The van der Waals surface area contributed by atoms with E-state index in [4.69, 9.17) is 16.0 Å². The Morgan fingerprint density at radius 1 is 1.22 bits per heavy atom. The van der Waals surface area contributed by atoms with E-state index < -0.39 is 10.8 Å². The van der Waals surface area contributed by atoms with Crippen LogP contribution in [-0.2, 0) is 0 Å². The van der Waals surface area contributed by atoms with Crippen LogP contribution in [0.3, 0.4) is 0 Å². The molecule has 1 amide bonds. The number of carbonyl (C=O) groups excluding carboxylic acids is 1. The normalized spacial score (nSPS) is 10.9. The van der Waals surface area contributed by atoms with Crippen LogP contribution in [0.4, 0.5) is 5.69 Å². The fourth-order valence-electron chi connectivity index (χ4n) is 2.37. The Labute approximate surface area is 159 Å². The van der Waals surface area contributed by atoms with Crippen molar-refractivity contribution < 1.29 is 14.1 Å². The Kier molecular flexibility index (Phi) is 5.33. The average molecular weight is 384 g/mol. The summed E-state index contributed by atoms with van der Waals surface area (Å²) in [5.41, 5.74) is 4.18. The van der Waals surface area contributed by atoms with Crippen LogP contribution in [0.15, 0.2) is 64.1 Å². The Morgan fingerprint density at radius 3 is 2.78 bits per heavy atom. The monoisotopic (exact) mass is 383 g/mol. The Balaban J connectivity index is 1.69. The zero-order chi connectivity index (χ0) is 19.4. The molecule has 0 aliphatic heterocycles. The molecule has 27 heavy (non-hydrogen) atoms. The number of nitro benzene ring substituents is 1. The van der Waals surface area contributed by atoms with Gasteiger partial charge in [0.1, 0.15) is 11.5 Å². The molecule has 0 atom stereocenters. The van der Waals surface area contributed by atoms with Crippen molar-refractivity contribution in [3.05, 3.63) is 86.6 Å². The number of rotatable bonds is 5. The van der Waals surface area contributed by atoms with Gasteiger partial charge in [0.2, 0.25) is 0 Å². The number of hydrogen-bond acceptors (Lipinski definition) is 5. The van der Waals surface area contributed by atoms with Crippen molar-refractivity contribution in [2.45, 2.75) is 6.92 Å². The number of furan rings is 1. The molecule has 1 N–H and O–H groups in total. The third kappa shape index (κ3) is 4.39. The number of nitrogens with one attached hydrogen (secondary N) is 1. The minimum absolute atomic E-state index is 0.0265. The maximum absolute atomic E-state index is 12.1. The molecule has 0 aliphatic rings. The van der Waals surface area contributed by atoms with Crippen LogP contribution < -0.4 is 5.43 Å². The van der Waals surface area contributed by atoms with Crippen LogP contribution in [-0.4, -0.2) is 17.0 Å². The van der Waals surface area contributed by atoms with Gasteiger partial charge in [-0.05, 0) is 36.8 Å². The van der Waals surface area contributed by atoms with Crippen molar-refractivity contribution in [3.63, 3.8) is 0 Å². The minimum Gasteiger partial charge on any atom is -0.455 e. The number of nitrogens with zero attached hydrogens (tertiary/aromatic N) is 2. The van der Waals surface area contributed by atoms with Gasteiger partial charge < -0.3 is 4.42 Å². The lowest BCUT2D eigenvalue weighted by atomic mass is 10.1. The number of carbonyl (C=O) groups is 1. The van der Waals surface area contributed by atoms with Gasteiger partial charge in [-0.25, -0.2) is 5.43 Å². The van der Waals surface area contributed by atoms with Gasteiger partial charge in [-0.15, -0.1) is 0 Å². The summed E-state index contributed by atoms with van der Waals surface area (Å²) >= 11 is 6.05. The maximum atomic E-state index is 12.1. The van der Waals surface area contributed by atoms with Crippen LogP contribution in [0.25, 0.3) is 11.3 Å². The summed E-state index contributed by atoms with van der Waals surface area (Å²) in [4.78, 5) is 22.5. The van der Waals surface area contributed by atoms with E-state index in [0.717, 1.165) is 5.56 Å². The van der Waals surface area contributed by atoms with E-state index >= 15 is 0 Å². The molecular weight excluding hydrogens is 370 g/mol. The van der Waals surface area contributed by atoms with Crippen LogP contribution >= 0.6 is 11.6 Å². The first kappa shape index (κ1) is 18.3. The predicted octanol–water partition coefficient (Wildman–Crippen LogP) is 4.58. The van der Waals surface area contributed by atoms with Crippen molar-refractivity contribution in [2.75, 3.05) is 0 Å². The molecule has 7 nitrogen and oxygen atoms in total. The van der Waals surface area contributed by atoms with E-state index in [1.165, 1.54) is 18.3 Å². The van der Waals surface area contributed by atoms with Gasteiger partial charge in [-0.1, -0.05) is 29.8 Å². The summed E-state index contributed by atoms with van der Waals surface area (Å²) in [7, 11) is 0. The summed E-state index contributed by atoms with van der Waals surface area (Å²) in [6, 6.07) is 14.5. The van der Waals surface area contributed by atoms with E-state index in [9.17, 15) is 14.9 Å². The number of aryl methyl sites for hydroxylation is 1. The first-order valence-electron chi connectivity index (χ1n) is 7.88. The number of hydrogen-bond donors (Lipinski definition) is 1. The molecule has 0 radical (unpaired) electrons. The lowest BCUT2D eigenvalue weighted by Gasteiger charge is -2.03. The second-order valence-electron chi connectivity index (χ2n) is 5.69. The molecule has 1 aromatic heterocycles. The highest BCUT2D eigenvalue weighted by Gasteiger charge is 2.11. The summed E-state index contributed by atoms with van der Waals surface area (Å²) in [5, 5.41) is 15.0. The van der Waals surface area contributed by atoms with E-state index in [1.807, 2.05) is 6.92 Å². The Bertz CT molecular complexity index is 1040. The molecule has 0 unspecified atom stereocenters. The number of amides is 1. The lowest BCUT2D eigenvalue weighted by Crippen LogP contribution is -2.18. The van der Waals surface area contributed by atoms with Crippen LogP contribution in [0, 0.1) is 17.0 Å². The summed E-state index contributed by atoms with van der Waals surface area (Å²) < 4.78 is 5.58. The maximum Gasteiger partial charge on any atom is 0.272 e. The SMILES string of the molecule is Cc1ccc(C(=O)N/N=C/c2ccc(-c3cccc([N+](=O)[O-])c3)o2)c(Cl)c1. The second kappa shape index (κ2) is 7.84. The highest BCUT2D eigenvalue weighted by atomic mass is 35.5. The van der Waals surface area contributed by atoms with Gasteiger partial charge in [-0.3, -0.25) is 14.9 Å². The quantitative estimate of drug-likeness (QED) is 0.396. The van der Waals surface area contributed by atoms with Crippen molar-refractivity contribution in [3.8, 4) is 11.3 Å². The van der Waals surface area contributed by atoms with Gasteiger partial charge in [-0.2, -0.15) is 5.10 Å². The third-order valence-corrected chi connectivity index (χ3v) is 4.01. The molecule has 3 rings (SSSR count). The highest BCUT2D eigenvalue weighted by molar-refractivity contribution is 6.33. The second-order valence-corrected chi connectivity index (χ2v) is 6.10. The molecule has 0 fully saturated rings. The highest BCUT2D eigenvalue weighted by Crippen LogP contribution is 2.25. The minimum atomic E-state index is -0.472. The Morgan fingerprint density at radius 2 is 2.04 bits per heavy atom. The predicted molar refractivity (Wildman–Crippen MR) is 102 cm³/mol. The van der Waals surface area contributed by atoms with Crippen LogP contribution in [0.1, 0.15) is 21.7 Å². The summed E-state index contributed by atoms with van der Waals surface area (Å²) in [6.45, 7) is 1.88. The van der Waals surface area contributed by atoms with Gasteiger partial charge in [0.05, 0.1) is 21.7 Å². The molecular formula is C19H14ClN3O4. The molecule has 8 heteroatoms. The molecule has 0 saturated heterocycles. The topological polar surface area (TPSA) is 97.7 Å². The largest absolute Gasteiger partial charge is 0.455 e. The van der Waals surface area contributed by atoms with Crippen molar-refractivity contribution >= 4 is 29.4 Å². The zero-order valence-corrected chi connectivity index (χ0v) is 14.9.